The molecule has 11 heavy (non-hydrogen) atoms. The summed E-state index contributed by atoms with van der Waals surface area (Å²) in [5.41, 5.74) is 0. The topological polar surface area (TPSA) is 46.5 Å². The second-order valence-corrected chi connectivity index (χ2v) is 2.95. The van der Waals surface area contributed by atoms with Crippen LogP contribution < -0.4 is 0 Å². The van der Waals surface area contributed by atoms with Gasteiger partial charge in [0.15, 0.2) is 0 Å². The van der Waals surface area contributed by atoms with E-state index >= 15 is 0 Å². The Labute approximate surface area is 67.4 Å². The molecule has 0 fully saturated rings. The fraction of sp³-hybridized carbons (Fsp3) is 0.875. The van der Waals surface area contributed by atoms with Crippen LogP contribution in [0.5, 0.6) is 0 Å². The van der Waals surface area contributed by atoms with Crippen LogP contribution in [0.4, 0.5) is 0 Å². The quantitative estimate of drug-likeness (QED) is 0.619. The number of carbonyl (C=O) groups is 1. The van der Waals surface area contributed by atoms with E-state index in [2.05, 4.69) is 4.74 Å². The molecule has 0 saturated carbocycles. The van der Waals surface area contributed by atoms with Crippen molar-refractivity contribution in [2.75, 3.05) is 13.7 Å². The molecule has 0 spiro atoms. The molecule has 0 unspecified atom stereocenters. The highest BCUT2D eigenvalue weighted by Gasteiger charge is 2.15. The van der Waals surface area contributed by atoms with Gasteiger partial charge in [-0.3, -0.25) is 4.79 Å². The Balaban J connectivity index is 3.67. The molecule has 0 bridgehead atoms. The summed E-state index contributed by atoms with van der Waals surface area (Å²) in [5, 5.41) is 8.69. The van der Waals surface area contributed by atoms with Gasteiger partial charge in [0.2, 0.25) is 0 Å². The Bertz CT molecular complexity index is 123. The van der Waals surface area contributed by atoms with Crippen molar-refractivity contribution >= 4 is 5.97 Å². The maximum atomic E-state index is 10.9. The van der Waals surface area contributed by atoms with Crippen LogP contribution in [-0.4, -0.2) is 24.8 Å². The van der Waals surface area contributed by atoms with Crippen LogP contribution in [0.25, 0.3) is 0 Å². The minimum Gasteiger partial charge on any atom is -0.469 e. The molecule has 0 saturated heterocycles. The number of hydrogen-bond donors (Lipinski definition) is 1. The normalized spacial score (nSPS) is 15.6. The third kappa shape index (κ3) is 3.98. The lowest BCUT2D eigenvalue weighted by molar-refractivity contribution is -0.145. The van der Waals surface area contributed by atoms with Gasteiger partial charge in [0.25, 0.3) is 0 Å². The zero-order valence-corrected chi connectivity index (χ0v) is 7.33. The molecule has 0 aromatic carbocycles. The van der Waals surface area contributed by atoms with E-state index < -0.39 is 0 Å². The number of ether oxygens (including phenoxy) is 1. The highest BCUT2D eigenvalue weighted by Crippen LogP contribution is 2.11. The first-order valence-corrected chi connectivity index (χ1v) is 3.80. The number of aliphatic hydroxyl groups excluding tert-OH is 1. The van der Waals surface area contributed by atoms with Gasteiger partial charge < -0.3 is 9.84 Å². The van der Waals surface area contributed by atoms with E-state index in [4.69, 9.17) is 5.11 Å². The first kappa shape index (κ1) is 10.4. The predicted octanol–water partition coefficient (Wildman–Crippen LogP) is 0.814. The van der Waals surface area contributed by atoms with E-state index in [1.165, 1.54) is 7.11 Å². The molecule has 0 radical (unpaired) electrons. The summed E-state index contributed by atoms with van der Waals surface area (Å²) >= 11 is 0. The molecule has 0 aliphatic rings. The van der Waals surface area contributed by atoms with Gasteiger partial charge in [-0.05, 0) is 12.3 Å². The van der Waals surface area contributed by atoms with Gasteiger partial charge in [0, 0.05) is 6.61 Å². The van der Waals surface area contributed by atoms with Crippen molar-refractivity contribution < 1.29 is 14.6 Å². The predicted molar refractivity (Wildman–Crippen MR) is 42.0 cm³/mol. The average Bonchev–Trinajstić information content (AvgIpc) is 2.02. The number of carbonyl (C=O) groups excluding carboxylic acids is 1. The third-order valence-corrected chi connectivity index (χ3v) is 1.67. The standard InChI is InChI=1S/C8H16O3/c1-6(5-9)4-7(2)8(10)11-3/h6-7,9H,4-5H2,1-3H3/t6-,7+/m0/s1. The number of rotatable bonds is 4. The Kier molecular flexibility index (Phi) is 4.86. The Hall–Kier alpha value is -0.570. The van der Waals surface area contributed by atoms with Crippen LogP contribution in [0.3, 0.4) is 0 Å². The lowest BCUT2D eigenvalue weighted by Gasteiger charge is -2.12. The molecule has 0 heterocycles. The summed E-state index contributed by atoms with van der Waals surface area (Å²) in [7, 11) is 1.38. The molecule has 0 aromatic rings. The molecule has 0 rings (SSSR count). The SMILES string of the molecule is COC(=O)[C@H](C)C[C@H](C)CO. The van der Waals surface area contributed by atoms with Gasteiger partial charge >= 0.3 is 5.97 Å². The van der Waals surface area contributed by atoms with Crippen LogP contribution in [0.1, 0.15) is 20.3 Å². The monoisotopic (exact) mass is 160 g/mol. The van der Waals surface area contributed by atoms with E-state index in [1.807, 2.05) is 6.92 Å². The van der Waals surface area contributed by atoms with Crippen molar-refractivity contribution in [3.05, 3.63) is 0 Å². The zero-order chi connectivity index (χ0) is 8.85. The first-order chi connectivity index (χ1) is 5.11. The molecule has 0 aliphatic heterocycles. The number of aliphatic hydroxyl groups is 1. The summed E-state index contributed by atoms with van der Waals surface area (Å²) in [6, 6.07) is 0. The summed E-state index contributed by atoms with van der Waals surface area (Å²) in [6.45, 7) is 3.83. The molecule has 3 heteroatoms. The minimum atomic E-state index is -0.203. The van der Waals surface area contributed by atoms with Crippen LogP contribution in [0.2, 0.25) is 0 Å². The molecule has 66 valence electrons. The van der Waals surface area contributed by atoms with Crippen molar-refractivity contribution in [3.8, 4) is 0 Å². The van der Waals surface area contributed by atoms with Crippen molar-refractivity contribution in [1.82, 2.24) is 0 Å². The van der Waals surface area contributed by atoms with E-state index in [1.54, 1.807) is 6.92 Å². The van der Waals surface area contributed by atoms with Crippen LogP contribution in [0.15, 0.2) is 0 Å². The fourth-order valence-corrected chi connectivity index (χ4v) is 0.975. The van der Waals surface area contributed by atoms with Gasteiger partial charge in [-0.2, -0.15) is 0 Å². The summed E-state index contributed by atoms with van der Waals surface area (Å²) in [6.07, 6.45) is 0.684. The van der Waals surface area contributed by atoms with Gasteiger partial charge in [-0.25, -0.2) is 0 Å². The maximum absolute atomic E-state index is 10.9. The van der Waals surface area contributed by atoms with E-state index in [-0.39, 0.29) is 24.4 Å². The van der Waals surface area contributed by atoms with Crippen molar-refractivity contribution in [2.24, 2.45) is 11.8 Å². The highest BCUT2D eigenvalue weighted by molar-refractivity contribution is 5.71. The smallest absolute Gasteiger partial charge is 0.308 e. The molecule has 3 nitrogen and oxygen atoms in total. The average molecular weight is 160 g/mol. The molecule has 1 N–H and O–H groups in total. The summed E-state index contributed by atoms with van der Waals surface area (Å²) < 4.78 is 4.54. The van der Waals surface area contributed by atoms with Gasteiger partial charge in [0.1, 0.15) is 0 Å². The van der Waals surface area contributed by atoms with E-state index in [0.717, 1.165) is 0 Å². The molecular weight excluding hydrogens is 144 g/mol. The van der Waals surface area contributed by atoms with Crippen LogP contribution in [-0.2, 0) is 9.53 Å². The molecule has 2 atom stereocenters. The summed E-state index contributed by atoms with van der Waals surface area (Å²) in [5.74, 6) is -0.142. The van der Waals surface area contributed by atoms with Gasteiger partial charge in [-0.15, -0.1) is 0 Å². The molecular formula is C8H16O3. The lowest BCUT2D eigenvalue weighted by atomic mass is 9.98. The maximum Gasteiger partial charge on any atom is 0.308 e. The second-order valence-electron chi connectivity index (χ2n) is 2.95. The zero-order valence-electron chi connectivity index (χ0n) is 7.33. The van der Waals surface area contributed by atoms with Gasteiger partial charge in [0.05, 0.1) is 13.0 Å². The molecule has 0 aromatic heterocycles. The van der Waals surface area contributed by atoms with Crippen LogP contribution >= 0.6 is 0 Å². The van der Waals surface area contributed by atoms with E-state index in [0.29, 0.717) is 6.42 Å². The third-order valence-electron chi connectivity index (χ3n) is 1.67. The van der Waals surface area contributed by atoms with Crippen molar-refractivity contribution in [3.63, 3.8) is 0 Å². The minimum absolute atomic E-state index is 0.109. The van der Waals surface area contributed by atoms with Crippen LogP contribution in [0, 0.1) is 11.8 Å². The Morgan fingerprint density at radius 2 is 2.09 bits per heavy atom. The largest absolute Gasteiger partial charge is 0.469 e. The van der Waals surface area contributed by atoms with E-state index in [9.17, 15) is 4.79 Å². The first-order valence-electron chi connectivity index (χ1n) is 3.80. The van der Waals surface area contributed by atoms with Gasteiger partial charge in [-0.1, -0.05) is 13.8 Å². The lowest BCUT2D eigenvalue weighted by Crippen LogP contribution is -2.17. The highest BCUT2D eigenvalue weighted by atomic mass is 16.5. The fourth-order valence-electron chi connectivity index (χ4n) is 0.975. The number of methoxy groups -OCH3 is 1. The Morgan fingerprint density at radius 3 is 2.45 bits per heavy atom. The molecule has 0 aliphatic carbocycles. The summed E-state index contributed by atoms with van der Waals surface area (Å²) in [4.78, 5) is 10.9. The Morgan fingerprint density at radius 1 is 1.55 bits per heavy atom. The van der Waals surface area contributed by atoms with Crippen molar-refractivity contribution in [2.45, 2.75) is 20.3 Å². The molecule has 0 amide bonds. The number of hydrogen-bond acceptors (Lipinski definition) is 3. The second kappa shape index (κ2) is 5.13. The van der Waals surface area contributed by atoms with Crippen molar-refractivity contribution in [1.29, 1.82) is 0 Å². The number of esters is 1.